The molecule has 9 nitrogen and oxygen atoms in total. The molecular formula is C24H29NO8. The predicted molar refractivity (Wildman–Crippen MR) is 121 cm³/mol. The van der Waals surface area contributed by atoms with Gasteiger partial charge in [0.05, 0.1) is 30.8 Å². The van der Waals surface area contributed by atoms with E-state index < -0.39 is 21.9 Å². The van der Waals surface area contributed by atoms with E-state index >= 15 is 0 Å². The lowest BCUT2D eigenvalue weighted by molar-refractivity contribution is -0.385. The van der Waals surface area contributed by atoms with Crippen LogP contribution >= 0.6 is 0 Å². The number of nitro groups is 1. The van der Waals surface area contributed by atoms with E-state index in [9.17, 15) is 24.8 Å². The fourth-order valence-corrected chi connectivity index (χ4v) is 3.74. The zero-order valence-electron chi connectivity index (χ0n) is 19.6. The summed E-state index contributed by atoms with van der Waals surface area (Å²) in [6.07, 6.45) is 5.98. The molecule has 0 radical (unpaired) electrons. The summed E-state index contributed by atoms with van der Waals surface area (Å²) in [5.74, 6) is -0.293. The average molecular weight is 459 g/mol. The van der Waals surface area contributed by atoms with Crippen molar-refractivity contribution in [3.8, 4) is 11.5 Å². The third-order valence-electron chi connectivity index (χ3n) is 5.71. The molecule has 1 atom stereocenters. The quantitative estimate of drug-likeness (QED) is 0.204. The summed E-state index contributed by atoms with van der Waals surface area (Å²) in [4.78, 5) is 34.9. The molecule has 1 N–H and O–H groups in total. The Labute approximate surface area is 192 Å². The van der Waals surface area contributed by atoms with Crippen molar-refractivity contribution in [2.45, 2.75) is 46.3 Å². The minimum Gasteiger partial charge on any atom is -0.493 e. The molecule has 0 saturated heterocycles. The molecule has 1 aromatic carbocycles. The molecule has 1 aliphatic rings. The summed E-state index contributed by atoms with van der Waals surface area (Å²) >= 11 is 0. The molecule has 0 fully saturated rings. The molecule has 33 heavy (non-hydrogen) atoms. The summed E-state index contributed by atoms with van der Waals surface area (Å²) in [6.45, 7) is 6.60. The maximum absolute atomic E-state index is 12.3. The van der Waals surface area contributed by atoms with Crippen LogP contribution in [0.5, 0.6) is 11.5 Å². The van der Waals surface area contributed by atoms with Crippen LogP contribution in [0.4, 0.5) is 5.69 Å². The number of methoxy groups -OCH3 is 2. The topological polar surface area (TPSA) is 125 Å². The lowest BCUT2D eigenvalue weighted by Crippen LogP contribution is -2.48. The van der Waals surface area contributed by atoms with Crippen molar-refractivity contribution in [3.05, 3.63) is 63.3 Å². The minimum absolute atomic E-state index is 0.0457. The molecule has 0 unspecified atom stereocenters. The van der Waals surface area contributed by atoms with Crippen molar-refractivity contribution in [2.24, 2.45) is 5.41 Å². The van der Waals surface area contributed by atoms with Gasteiger partial charge in [0, 0.05) is 17.9 Å². The van der Waals surface area contributed by atoms with Gasteiger partial charge in [-0.25, -0.2) is 4.79 Å². The number of hydrogen-bond donors (Lipinski definition) is 1. The highest BCUT2D eigenvalue weighted by molar-refractivity contribution is 5.92. The highest BCUT2D eigenvalue weighted by Crippen LogP contribution is 2.44. The molecule has 2 rings (SSSR count). The number of allylic oxidation sites excluding steroid dienone is 3. The first kappa shape index (κ1) is 25.8. The molecule has 0 saturated carbocycles. The van der Waals surface area contributed by atoms with Crippen molar-refractivity contribution in [1.29, 1.82) is 0 Å². The van der Waals surface area contributed by atoms with E-state index in [2.05, 4.69) is 0 Å². The van der Waals surface area contributed by atoms with Crippen LogP contribution in [0, 0.1) is 15.5 Å². The Bertz CT molecular complexity index is 1050. The number of nitro benzene ring substituents is 1. The first-order valence-electron chi connectivity index (χ1n) is 10.2. The van der Waals surface area contributed by atoms with Crippen LogP contribution in [-0.2, 0) is 20.9 Å². The van der Waals surface area contributed by atoms with Crippen LogP contribution in [0.25, 0.3) is 0 Å². The molecule has 1 aromatic rings. The van der Waals surface area contributed by atoms with Gasteiger partial charge >= 0.3 is 5.97 Å². The van der Waals surface area contributed by atoms with E-state index in [4.69, 9.17) is 14.2 Å². The average Bonchev–Trinajstić information content (AvgIpc) is 2.73. The Hall–Kier alpha value is -3.46. The Balaban J connectivity index is 2.17. The monoisotopic (exact) mass is 459 g/mol. The van der Waals surface area contributed by atoms with E-state index in [0.717, 1.165) is 0 Å². The molecule has 9 heteroatoms. The van der Waals surface area contributed by atoms with Crippen LogP contribution in [0.2, 0.25) is 0 Å². The predicted octanol–water partition coefficient (Wildman–Crippen LogP) is 3.83. The van der Waals surface area contributed by atoms with Gasteiger partial charge in [0.25, 0.3) is 5.69 Å². The van der Waals surface area contributed by atoms with Gasteiger partial charge in [0.2, 0.25) is 0 Å². The summed E-state index contributed by atoms with van der Waals surface area (Å²) in [5.41, 5.74) is -1.16. The van der Waals surface area contributed by atoms with E-state index in [-0.39, 0.29) is 41.6 Å². The van der Waals surface area contributed by atoms with Crippen LogP contribution in [-0.4, -0.2) is 41.6 Å². The summed E-state index contributed by atoms with van der Waals surface area (Å²) < 4.78 is 15.4. The van der Waals surface area contributed by atoms with E-state index in [0.29, 0.717) is 11.1 Å². The third-order valence-corrected chi connectivity index (χ3v) is 5.71. The van der Waals surface area contributed by atoms with Crippen LogP contribution in [0.1, 0.15) is 39.7 Å². The smallest absolute Gasteiger partial charge is 0.331 e. The molecule has 0 aromatic heterocycles. The van der Waals surface area contributed by atoms with Crippen molar-refractivity contribution in [2.75, 3.05) is 14.2 Å². The van der Waals surface area contributed by atoms with Crippen molar-refractivity contribution < 1.29 is 33.8 Å². The zero-order valence-corrected chi connectivity index (χ0v) is 19.6. The van der Waals surface area contributed by atoms with Gasteiger partial charge in [0.1, 0.15) is 12.2 Å². The number of esters is 1. The fraction of sp³-hybridized carbons (Fsp3) is 0.417. The second-order valence-corrected chi connectivity index (χ2v) is 8.54. The normalized spacial score (nSPS) is 20.4. The number of carbonyl (C=O) groups excluding carboxylic acids is 2. The molecule has 0 bridgehead atoms. The highest BCUT2D eigenvalue weighted by Gasteiger charge is 2.46. The van der Waals surface area contributed by atoms with Crippen LogP contribution in [0.3, 0.4) is 0 Å². The second kappa shape index (κ2) is 9.99. The number of carbonyl (C=O) groups is 2. The maximum atomic E-state index is 12.3. The second-order valence-electron chi connectivity index (χ2n) is 8.54. The Morgan fingerprint density at radius 2 is 1.85 bits per heavy atom. The Morgan fingerprint density at radius 1 is 1.24 bits per heavy atom. The number of aliphatic hydroxyl groups is 1. The first-order valence-corrected chi connectivity index (χ1v) is 10.2. The van der Waals surface area contributed by atoms with Crippen molar-refractivity contribution in [3.63, 3.8) is 0 Å². The molecule has 0 spiro atoms. The van der Waals surface area contributed by atoms with Crippen LogP contribution in [0.15, 0.2) is 47.6 Å². The number of ketones is 1. The number of rotatable bonds is 8. The molecule has 0 aliphatic heterocycles. The van der Waals surface area contributed by atoms with Gasteiger partial charge in [-0.05, 0) is 43.2 Å². The fourth-order valence-electron chi connectivity index (χ4n) is 3.74. The van der Waals surface area contributed by atoms with Gasteiger partial charge in [-0.2, -0.15) is 0 Å². The minimum atomic E-state index is -1.35. The first-order chi connectivity index (χ1) is 15.3. The lowest BCUT2D eigenvalue weighted by Gasteiger charge is -2.44. The van der Waals surface area contributed by atoms with Gasteiger partial charge < -0.3 is 19.3 Å². The van der Waals surface area contributed by atoms with E-state index in [1.807, 2.05) is 0 Å². The number of ether oxygens (including phenoxy) is 3. The molecule has 0 heterocycles. The van der Waals surface area contributed by atoms with E-state index in [1.54, 1.807) is 39.8 Å². The third kappa shape index (κ3) is 5.67. The van der Waals surface area contributed by atoms with Crippen molar-refractivity contribution in [1.82, 2.24) is 0 Å². The van der Waals surface area contributed by atoms with Gasteiger partial charge in [0.15, 0.2) is 17.3 Å². The Kier molecular flexibility index (Phi) is 7.81. The summed E-state index contributed by atoms with van der Waals surface area (Å²) in [7, 11) is 2.76. The van der Waals surface area contributed by atoms with Crippen LogP contribution < -0.4 is 9.47 Å². The zero-order chi connectivity index (χ0) is 25.0. The standard InChI is InChI=1S/C24H29NO8/c1-15(7-8-24(28)16(2)10-18(26)13-23(24,3)4)9-22(27)33-14-17-11-20(31-5)21(32-6)12-19(17)25(29)30/h7-12,28H,13-14H2,1-6H3/b8-7+,15-9-/t24-/m1/s1. The SMILES string of the molecule is COc1cc(COC(=O)/C=C(C)\C=C\[C@@]2(O)C(C)=CC(=O)CC2(C)C)c([N+](=O)[O-])cc1OC. The molecular weight excluding hydrogens is 430 g/mol. The van der Waals surface area contributed by atoms with Gasteiger partial charge in [-0.15, -0.1) is 0 Å². The molecule has 1 aliphatic carbocycles. The lowest BCUT2D eigenvalue weighted by atomic mass is 9.64. The molecule has 178 valence electrons. The van der Waals surface area contributed by atoms with Crippen molar-refractivity contribution >= 4 is 17.4 Å². The number of benzene rings is 1. The van der Waals surface area contributed by atoms with Gasteiger partial charge in [-0.1, -0.05) is 19.9 Å². The van der Waals surface area contributed by atoms with Gasteiger partial charge in [-0.3, -0.25) is 14.9 Å². The summed E-state index contributed by atoms with van der Waals surface area (Å²) in [6, 6.07) is 2.59. The summed E-state index contributed by atoms with van der Waals surface area (Å²) in [5, 5.41) is 22.5. The highest BCUT2D eigenvalue weighted by atomic mass is 16.6. The number of hydrogen-bond acceptors (Lipinski definition) is 8. The largest absolute Gasteiger partial charge is 0.493 e. The molecule has 0 amide bonds. The number of nitrogens with zero attached hydrogens (tertiary/aromatic N) is 1. The maximum Gasteiger partial charge on any atom is 0.331 e. The Morgan fingerprint density at radius 3 is 2.39 bits per heavy atom. The van der Waals surface area contributed by atoms with E-state index in [1.165, 1.54) is 38.5 Å².